The topological polar surface area (TPSA) is 34.4 Å². The van der Waals surface area contributed by atoms with Crippen molar-refractivity contribution in [3.8, 4) is 11.4 Å². The first-order valence-corrected chi connectivity index (χ1v) is 6.10. The summed E-state index contributed by atoms with van der Waals surface area (Å²) in [5.74, 6) is 0.154. The molecule has 0 radical (unpaired) electrons. The number of nitrogens with zero attached hydrogens (tertiary/aromatic N) is 2. The van der Waals surface area contributed by atoms with Gasteiger partial charge in [-0.3, -0.25) is 9.20 Å². The van der Waals surface area contributed by atoms with Gasteiger partial charge < -0.3 is 0 Å². The molecule has 1 aromatic carbocycles. The van der Waals surface area contributed by atoms with Crippen LogP contribution in [0.2, 0.25) is 0 Å². The molecule has 2 aromatic heterocycles. The second kappa shape index (κ2) is 4.73. The minimum Gasteiger partial charge on any atom is -0.299 e. The fourth-order valence-electron chi connectivity index (χ4n) is 2.27. The van der Waals surface area contributed by atoms with Gasteiger partial charge in [-0.15, -0.1) is 0 Å². The van der Waals surface area contributed by atoms with E-state index in [1.807, 2.05) is 0 Å². The van der Waals surface area contributed by atoms with Gasteiger partial charge in [0.25, 0.3) is 0 Å². The molecule has 0 amide bonds. The first kappa shape index (κ1) is 13.4. The van der Waals surface area contributed by atoms with Crippen LogP contribution in [0.5, 0.6) is 0 Å². The Labute approximate surface area is 117 Å². The Balaban J connectivity index is 2.30. The molecule has 3 aromatic rings. The minimum atomic E-state index is -4.47. The number of pyridine rings is 1. The first-order chi connectivity index (χ1) is 10.0. The highest BCUT2D eigenvalue weighted by Gasteiger charge is 2.34. The SMILES string of the molecule is O=Cc1cccn2c(-c3ccccc3C(F)(F)F)ncc12. The van der Waals surface area contributed by atoms with Crippen LogP contribution in [0, 0.1) is 0 Å². The standard InChI is InChI=1S/C15H9F3N2O/c16-15(17,18)12-6-2-1-5-11(12)14-19-8-13-10(9-21)4-3-7-20(13)14/h1-9H. The maximum absolute atomic E-state index is 13.1. The second-order valence-electron chi connectivity index (χ2n) is 4.46. The highest BCUT2D eigenvalue weighted by Crippen LogP contribution is 2.36. The molecular formula is C15H9F3N2O. The summed E-state index contributed by atoms with van der Waals surface area (Å²) in [5, 5.41) is 0. The van der Waals surface area contributed by atoms with Crippen LogP contribution < -0.4 is 0 Å². The summed E-state index contributed by atoms with van der Waals surface area (Å²) in [6.07, 6.45) is -0.842. The zero-order valence-corrected chi connectivity index (χ0v) is 10.6. The summed E-state index contributed by atoms with van der Waals surface area (Å²) in [5.41, 5.74) is 0.0715. The van der Waals surface area contributed by atoms with E-state index in [9.17, 15) is 18.0 Å². The molecule has 0 unspecified atom stereocenters. The van der Waals surface area contributed by atoms with Gasteiger partial charge in [0.1, 0.15) is 5.82 Å². The van der Waals surface area contributed by atoms with Crippen LogP contribution in [-0.4, -0.2) is 15.7 Å². The molecule has 106 valence electrons. The van der Waals surface area contributed by atoms with Crippen molar-refractivity contribution in [2.45, 2.75) is 6.18 Å². The molecule has 0 atom stereocenters. The summed E-state index contributed by atoms with van der Waals surface area (Å²) in [6.45, 7) is 0. The fourth-order valence-corrected chi connectivity index (χ4v) is 2.27. The predicted molar refractivity (Wildman–Crippen MR) is 71.0 cm³/mol. The van der Waals surface area contributed by atoms with Crippen molar-refractivity contribution in [1.82, 2.24) is 9.38 Å². The van der Waals surface area contributed by atoms with Crippen LogP contribution >= 0.6 is 0 Å². The van der Waals surface area contributed by atoms with Crippen molar-refractivity contribution in [2.24, 2.45) is 0 Å². The normalized spacial score (nSPS) is 11.8. The molecule has 0 aliphatic carbocycles. The quantitative estimate of drug-likeness (QED) is 0.672. The highest BCUT2D eigenvalue weighted by atomic mass is 19.4. The molecule has 3 rings (SSSR count). The Morgan fingerprint density at radius 1 is 1.10 bits per heavy atom. The molecule has 3 nitrogen and oxygen atoms in total. The Morgan fingerprint density at radius 2 is 1.86 bits per heavy atom. The van der Waals surface area contributed by atoms with Gasteiger partial charge in [-0.05, 0) is 18.2 Å². The number of aromatic nitrogens is 2. The molecule has 0 spiro atoms. The molecule has 0 bridgehead atoms. The molecule has 0 saturated carbocycles. The lowest BCUT2D eigenvalue weighted by Crippen LogP contribution is -2.08. The third-order valence-corrected chi connectivity index (χ3v) is 3.20. The Bertz CT molecular complexity index is 821. The second-order valence-corrected chi connectivity index (χ2v) is 4.46. The van der Waals surface area contributed by atoms with Crippen molar-refractivity contribution in [3.63, 3.8) is 0 Å². The molecule has 0 saturated heterocycles. The molecule has 0 aliphatic heterocycles. The van der Waals surface area contributed by atoms with Crippen molar-refractivity contribution in [1.29, 1.82) is 0 Å². The van der Waals surface area contributed by atoms with E-state index in [1.54, 1.807) is 18.3 Å². The van der Waals surface area contributed by atoms with Crippen LogP contribution in [-0.2, 0) is 6.18 Å². The predicted octanol–water partition coefficient (Wildman–Crippen LogP) is 3.83. The van der Waals surface area contributed by atoms with E-state index >= 15 is 0 Å². The van der Waals surface area contributed by atoms with Crippen LogP contribution in [0.15, 0.2) is 48.8 Å². The number of fused-ring (bicyclic) bond motifs is 1. The number of halogens is 3. The lowest BCUT2D eigenvalue weighted by molar-refractivity contribution is -0.137. The molecule has 0 N–H and O–H groups in total. The first-order valence-electron chi connectivity index (χ1n) is 6.10. The zero-order valence-electron chi connectivity index (χ0n) is 10.6. The summed E-state index contributed by atoms with van der Waals surface area (Å²) < 4.78 is 40.8. The van der Waals surface area contributed by atoms with E-state index in [-0.39, 0.29) is 11.4 Å². The summed E-state index contributed by atoms with van der Waals surface area (Å²) in [7, 11) is 0. The molecule has 0 fully saturated rings. The number of hydrogen-bond acceptors (Lipinski definition) is 2. The maximum Gasteiger partial charge on any atom is 0.417 e. The summed E-state index contributed by atoms with van der Waals surface area (Å²) >= 11 is 0. The van der Waals surface area contributed by atoms with Gasteiger partial charge in [0, 0.05) is 17.3 Å². The van der Waals surface area contributed by atoms with Crippen LogP contribution in [0.3, 0.4) is 0 Å². The molecule has 0 aliphatic rings. The number of rotatable bonds is 2. The van der Waals surface area contributed by atoms with Gasteiger partial charge >= 0.3 is 6.18 Å². The number of carbonyl (C=O) groups excluding carboxylic acids is 1. The zero-order chi connectivity index (χ0) is 15.0. The monoisotopic (exact) mass is 290 g/mol. The van der Waals surface area contributed by atoms with Crippen LogP contribution in [0.25, 0.3) is 16.9 Å². The molecular weight excluding hydrogens is 281 g/mol. The van der Waals surface area contributed by atoms with Crippen LogP contribution in [0.4, 0.5) is 13.2 Å². The largest absolute Gasteiger partial charge is 0.417 e. The number of benzene rings is 1. The van der Waals surface area contributed by atoms with Crippen LogP contribution in [0.1, 0.15) is 15.9 Å². The van der Waals surface area contributed by atoms with Gasteiger partial charge in [-0.2, -0.15) is 13.2 Å². The van der Waals surface area contributed by atoms with E-state index in [0.717, 1.165) is 6.07 Å². The number of aldehydes is 1. The molecule has 6 heteroatoms. The minimum absolute atomic E-state index is 0.0203. The average molecular weight is 290 g/mol. The number of hydrogen-bond donors (Lipinski definition) is 0. The Morgan fingerprint density at radius 3 is 2.57 bits per heavy atom. The number of carbonyl (C=O) groups is 1. The van der Waals surface area contributed by atoms with Gasteiger partial charge in [-0.25, -0.2) is 4.98 Å². The van der Waals surface area contributed by atoms with E-state index < -0.39 is 11.7 Å². The fraction of sp³-hybridized carbons (Fsp3) is 0.0667. The van der Waals surface area contributed by atoms with Gasteiger partial charge in [0.15, 0.2) is 6.29 Å². The van der Waals surface area contributed by atoms with E-state index in [2.05, 4.69) is 4.98 Å². The van der Waals surface area contributed by atoms with Crippen molar-refractivity contribution >= 4 is 11.8 Å². The van der Waals surface area contributed by atoms with E-state index in [1.165, 1.54) is 28.8 Å². The van der Waals surface area contributed by atoms with Gasteiger partial charge in [0.05, 0.1) is 17.3 Å². The lowest BCUT2D eigenvalue weighted by atomic mass is 10.1. The Hall–Kier alpha value is -2.63. The number of alkyl halides is 3. The van der Waals surface area contributed by atoms with Gasteiger partial charge in [0.2, 0.25) is 0 Å². The third kappa shape index (κ3) is 2.18. The lowest BCUT2D eigenvalue weighted by Gasteiger charge is -2.12. The van der Waals surface area contributed by atoms with Crippen molar-refractivity contribution in [3.05, 3.63) is 59.9 Å². The van der Waals surface area contributed by atoms with E-state index in [4.69, 9.17) is 0 Å². The van der Waals surface area contributed by atoms with Gasteiger partial charge in [-0.1, -0.05) is 18.2 Å². The maximum atomic E-state index is 13.1. The highest BCUT2D eigenvalue weighted by molar-refractivity contribution is 5.86. The van der Waals surface area contributed by atoms with E-state index in [0.29, 0.717) is 17.4 Å². The third-order valence-electron chi connectivity index (χ3n) is 3.20. The molecule has 2 heterocycles. The number of imidazole rings is 1. The van der Waals surface area contributed by atoms with Crippen molar-refractivity contribution in [2.75, 3.05) is 0 Å². The van der Waals surface area contributed by atoms with Crippen molar-refractivity contribution < 1.29 is 18.0 Å². The average Bonchev–Trinajstić information content (AvgIpc) is 2.90. The smallest absolute Gasteiger partial charge is 0.299 e. The summed E-state index contributed by atoms with van der Waals surface area (Å²) in [4.78, 5) is 15.0. The molecule has 21 heavy (non-hydrogen) atoms. The Kier molecular flexibility index (Phi) is 3.01. The summed E-state index contributed by atoms with van der Waals surface area (Å²) in [6, 6.07) is 8.42.